The van der Waals surface area contributed by atoms with Crippen molar-refractivity contribution in [3.63, 3.8) is 0 Å². The quantitative estimate of drug-likeness (QED) is 0.595. The third-order valence-corrected chi connectivity index (χ3v) is 6.15. The minimum atomic E-state index is -3.23. The van der Waals surface area contributed by atoms with Crippen LogP contribution in [0, 0.1) is 0 Å². The molecule has 2 N–H and O–H groups in total. The number of hydrogen-bond acceptors (Lipinski definition) is 6. The molecule has 5 nitrogen and oxygen atoms in total. The zero-order chi connectivity index (χ0) is 16.9. The van der Waals surface area contributed by atoms with Crippen molar-refractivity contribution in [2.45, 2.75) is 4.90 Å². The van der Waals surface area contributed by atoms with Crippen molar-refractivity contribution >= 4 is 47.3 Å². The highest BCUT2D eigenvalue weighted by Gasteiger charge is 2.12. The topological polar surface area (TPSA) is 85.9 Å². The molecule has 24 heavy (non-hydrogen) atoms. The van der Waals surface area contributed by atoms with Gasteiger partial charge >= 0.3 is 0 Å². The van der Waals surface area contributed by atoms with E-state index in [1.54, 1.807) is 18.2 Å². The summed E-state index contributed by atoms with van der Waals surface area (Å²) >= 11 is 1.54. The van der Waals surface area contributed by atoms with E-state index in [1.165, 1.54) is 23.9 Å². The first-order valence-electron chi connectivity index (χ1n) is 7.17. The van der Waals surface area contributed by atoms with Crippen LogP contribution in [0.3, 0.4) is 0 Å². The minimum Gasteiger partial charge on any atom is -0.382 e. The molecule has 0 atom stereocenters. The fraction of sp³-hybridized carbons (Fsp3) is 0.0588. The van der Waals surface area contributed by atoms with E-state index in [0.717, 1.165) is 31.4 Å². The van der Waals surface area contributed by atoms with Gasteiger partial charge < -0.3 is 5.73 Å². The standard InChI is InChI=1S/C17H13N3O2S2/c1-24(21,22)12-4-2-3-10(7-12)11-5-6-13-14(8-11)23-16-15(13)19-9-20-17(16)18/h2-9H,1H3,(H2,18,19,20). The van der Waals surface area contributed by atoms with E-state index in [9.17, 15) is 8.42 Å². The highest BCUT2D eigenvalue weighted by atomic mass is 32.2. The lowest BCUT2D eigenvalue weighted by atomic mass is 10.0. The van der Waals surface area contributed by atoms with Crippen molar-refractivity contribution in [1.82, 2.24) is 9.97 Å². The Morgan fingerprint density at radius 3 is 2.62 bits per heavy atom. The first kappa shape index (κ1) is 15.0. The van der Waals surface area contributed by atoms with Gasteiger partial charge in [-0.1, -0.05) is 24.3 Å². The number of nitrogen functional groups attached to an aromatic ring is 1. The Hall–Kier alpha value is -2.51. The Kier molecular flexibility index (Phi) is 3.29. The predicted molar refractivity (Wildman–Crippen MR) is 97.9 cm³/mol. The summed E-state index contributed by atoms with van der Waals surface area (Å²) in [6.07, 6.45) is 2.68. The van der Waals surface area contributed by atoms with Crippen molar-refractivity contribution in [2.75, 3.05) is 12.0 Å². The van der Waals surface area contributed by atoms with Gasteiger partial charge in [0.2, 0.25) is 0 Å². The molecule has 0 unspecified atom stereocenters. The summed E-state index contributed by atoms with van der Waals surface area (Å²) < 4.78 is 25.4. The molecule has 2 aromatic heterocycles. The van der Waals surface area contributed by atoms with E-state index in [2.05, 4.69) is 9.97 Å². The lowest BCUT2D eigenvalue weighted by Crippen LogP contribution is -1.96. The largest absolute Gasteiger partial charge is 0.382 e. The van der Waals surface area contributed by atoms with Crippen molar-refractivity contribution < 1.29 is 8.42 Å². The molecule has 0 amide bonds. The molecule has 0 spiro atoms. The summed E-state index contributed by atoms with van der Waals surface area (Å²) in [6, 6.07) is 12.9. The first-order valence-corrected chi connectivity index (χ1v) is 9.87. The Morgan fingerprint density at radius 1 is 1.04 bits per heavy atom. The average Bonchev–Trinajstić information content (AvgIpc) is 2.93. The highest BCUT2D eigenvalue weighted by Crippen LogP contribution is 2.37. The van der Waals surface area contributed by atoms with Crippen LogP contribution in [-0.2, 0) is 9.84 Å². The second kappa shape index (κ2) is 5.25. The van der Waals surface area contributed by atoms with Crippen LogP contribution >= 0.6 is 11.3 Å². The number of aromatic nitrogens is 2. The van der Waals surface area contributed by atoms with Crippen LogP contribution in [0.25, 0.3) is 31.4 Å². The summed E-state index contributed by atoms with van der Waals surface area (Å²) in [6.45, 7) is 0. The first-order chi connectivity index (χ1) is 11.4. The van der Waals surface area contributed by atoms with Crippen LogP contribution in [0.5, 0.6) is 0 Å². The van der Waals surface area contributed by atoms with Crippen LogP contribution < -0.4 is 5.73 Å². The van der Waals surface area contributed by atoms with Crippen molar-refractivity contribution in [1.29, 1.82) is 0 Å². The zero-order valence-corrected chi connectivity index (χ0v) is 14.4. The molecule has 0 aliphatic carbocycles. The Bertz CT molecular complexity index is 1200. The normalized spacial score (nSPS) is 12.0. The molecule has 120 valence electrons. The molecule has 4 rings (SSSR count). The fourth-order valence-corrected chi connectivity index (χ4v) is 4.44. The lowest BCUT2D eigenvalue weighted by molar-refractivity contribution is 0.602. The molecule has 2 aromatic carbocycles. The Labute approximate surface area is 142 Å². The van der Waals surface area contributed by atoms with Gasteiger partial charge in [0.15, 0.2) is 9.84 Å². The summed E-state index contributed by atoms with van der Waals surface area (Å²) in [5.74, 6) is 0.474. The molecule has 0 saturated carbocycles. The van der Waals surface area contributed by atoms with Gasteiger partial charge in [-0.2, -0.15) is 0 Å². The maximum Gasteiger partial charge on any atom is 0.175 e. The maximum absolute atomic E-state index is 11.8. The van der Waals surface area contributed by atoms with Crippen molar-refractivity contribution in [2.24, 2.45) is 0 Å². The van der Waals surface area contributed by atoms with E-state index in [-0.39, 0.29) is 0 Å². The number of thiophene rings is 1. The van der Waals surface area contributed by atoms with Crippen molar-refractivity contribution in [3.05, 3.63) is 48.8 Å². The Balaban J connectivity index is 1.93. The number of nitrogens with two attached hydrogens (primary N) is 1. The van der Waals surface area contributed by atoms with Crippen LogP contribution in [0.15, 0.2) is 53.7 Å². The molecule has 0 aliphatic rings. The number of benzene rings is 2. The maximum atomic E-state index is 11.8. The molecule has 0 saturated heterocycles. The number of rotatable bonds is 2. The third kappa shape index (κ3) is 2.42. The highest BCUT2D eigenvalue weighted by molar-refractivity contribution is 7.90. The summed E-state index contributed by atoms with van der Waals surface area (Å²) in [4.78, 5) is 8.66. The van der Waals surface area contributed by atoms with Gasteiger partial charge in [-0.05, 0) is 29.3 Å². The fourth-order valence-electron chi connectivity index (χ4n) is 2.68. The Morgan fingerprint density at radius 2 is 1.83 bits per heavy atom. The van der Waals surface area contributed by atoms with E-state index >= 15 is 0 Å². The van der Waals surface area contributed by atoms with Gasteiger partial charge in [-0.25, -0.2) is 18.4 Å². The number of nitrogens with zero attached hydrogens (tertiary/aromatic N) is 2. The molecule has 0 aliphatic heterocycles. The molecule has 0 radical (unpaired) electrons. The SMILES string of the molecule is CS(=O)(=O)c1cccc(-c2ccc3c(c2)sc2c(N)ncnc23)c1. The predicted octanol–water partition coefficient (Wildman–Crippen LogP) is 3.50. The number of sulfone groups is 1. The summed E-state index contributed by atoms with van der Waals surface area (Å²) in [5.41, 5.74) is 8.58. The molecule has 4 aromatic rings. The van der Waals surface area contributed by atoms with E-state index in [4.69, 9.17) is 5.73 Å². The molecule has 7 heteroatoms. The van der Waals surface area contributed by atoms with Gasteiger partial charge in [0.25, 0.3) is 0 Å². The molecule has 0 bridgehead atoms. The van der Waals surface area contributed by atoms with Gasteiger partial charge in [0, 0.05) is 16.3 Å². The summed E-state index contributed by atoms with van der Waals surface area (Å²) in [5, 5.41) is 1.02. The molecular formula is C17H13N3O2S2. The molecular weight excluding hydrogens is 342 g/mol. The lowest BCUT2D eigenvalue weighted by Gasteiger charge is -2.04. The van der Waals surface area contributed by atoms with Crippen LogP contribution in [-0.4, -0.2) is 24.6 Å². The van der Waals surface area contributed by atoms with E-state index in [1.807, 2.05) is 24.3 Å². The second-order valence-electron chi connectivity index (χ2n) is 5.55. The van der Waals surface area contributed by atoms with Crippen LogP contribution in [0.4, 0.5) is 5.82 Å². The summed E-state index contributed by atoms with van der Waals surface area (Å²) in [7, 11) is -3.23. The van der Waals surface area contributed by atoms with Gasteiger partial charge in [0.05, 0.1) is 15.1 Å². The second-order valence-corrected chi connectivity index (χ2v) is 8.62. The molecule has 2 heterocycles. The van der Waals surface area contributed by atoms with Gasteiger partial charge in [-0.15, -0.1) is 11.3 Å². The zero-order valence-electron chi connectivity index (χ0n) is 12.7. The van der Waals surface area contributed by atoms with Crippen LogP contribution in [0.2, 0.25) is 0 Å². The van der Waals surface area contributed by atoms with Crippen molar-refractivity contribution in [3.8, 4) is 11.1 Å². The van der Waals surface area contributed by atoms with Gasteiger partial charge in [0.1, 0.15) is 12.1 Å². The minimum absolute atomic E-state index is 0.312. The third-order valence-electron chi connectivity index (χ3n) is 3.88. The van der Waals surface area contributed by atoms with Crippen LogP contribution in [0.1, 0.15) is 0 Å². The van der Waals surface area contributed by atoms with Gasteiger partial charge in [-0.3, -0.25) is 0 Å². The number of fused-ring (bicyclic) bond motifs is 3. The smallest absolute Gasteiger partial charge is 0.175 e. The monoisotopic (exact) mass is 355 g/mol. The van der Waals surface area contributed by atoms with E-state index < -0.39 is 9.84 Å². The number of hydrogen-bond donors (Lipinski definition) is 1. The average molecular weight is 355 g/mol. The molecule has 0 fully saturated rings. The number of anilines is 1. The van der Waals surface area contributed by atoms with E-state index in [0.29, 0.717) is 10.7 Å².